The summed E-state index contributed by atoms with van der Waals surface area (Å²) in [6.07, 6.45) is 5.61. The number of carbonyl (C=O) groups excluding carboxylic acids is 2. The van der Waals surface area contributed by atoms with Crippen molar-refractivity contribution in [2.45, 2.75) is 6.42 Å². The number of nitrogens with zero attached hydrogens (tertiary/aromatic N) is 2. The number of para-hydroxylation sites is 1. The molecule has 1 N–H and O–H groups in total. The lowest BCUT2D eigenvalue weighted by molar-refractivity contribution is 0.0954. The SMILES string of the molecule is CN(C(=O)c1ccco1)c1ccccc1C(=O)NCCc1cccnc1. The number of hydrogen-bond acceptors (Lipinski definition) is 4. The lowest BCUT2D eigenvalue weighted by Gasteiger charge is -2.19. The number of pyridine rings is 1. The molecule has 0 aliphatic heterocycles. The first-order chi connectivity index (χ1) is 12.7. The molecule has 0 radical (unpaired) electrons. The van der Waals surface area contributed by atoms with Gasteiger partial charge in [0.05, 0.1) is 17.5 Å². The van der Waals surface area contributed by atoms with E-state index in [2.05, 4.69) is 10.3 Å². The minimum atomic E-state index is -0.314. The molecule has 0 saturated heterocycles. The Hall–Kier alpha value is -3.41. The zero-order chi connectivity index (χ0) is 18.4. The summed E-state index contributed by atoms with van der Waals surface area (Å²) < 4.78 is 5.15. The summed E-state index contributed by atoms with van der Waals surface area (Å²) in [5, 5.41) is 2.89. The molecule has 2 heterocycles. The highest BCUT2D eigenvalue weighted by molar-refractivity contribution is 6.09. The summed E-state index contributed by atoms with van der Waals surface area (Å²) in [5.74, 6) is -0.325. The molecule has 0 saturated carbocycles. The number of hydrogen-bond donors (Lipinski definition) is 1. The van der Waals surface area contributed by atoms with E-state index in [1.165, 1.54) is 11.2 Å². The quantitative estimate of drug-likeness (QED) is 0.742. The Balaban J connectivity index is 1.70. The van der Waals surface area contributed by atoms with E-state index in [0.717, 1.165) is 5.56 Å². The van der Waals surface area contributed by atoms with E-state index in [-0.39, 0.29) is 17.6 Å². The smallest absolute Gasteiger partial charge is 0.293 e. The number of aromatic nitrogens is 1. The third-order valence-corrected chi connectivity index (χ3v) is 3.97. The number of amides is 2. The van der Waals surface area contributed by atoms with E-state index in [4.69, 9.17) is 4.42 Å². The maximum absolute atomic E-state index is 12.6. The summed E-state index contributed by atoms with van der Waals surface area (Å²) in [4.78, 5) is 30.5. The molecule has 2 amide bonds. The van der Waals surface area contributed by atoms with Crippen molar-refractivity contribution < 1.29 is 14.0 Å². The molecule has 0 spiro atoms. The molecule has 0 fully saturated rings. The van der Waals surface area contributed by atoms with Crippen LogP contribution in [0.1, 0.15) is 26.5 Å². The molecule has 0 unspecified atom stereocenters. The van der Waals surface area contributed by atoms with Crippen LogP contribution in [0.4, 0.5) is 5.69 Å². The zero-order valence-corrected chi connectivity index (χ0v) is 14.4. The van der Waals surface area contributed by atoms with E-state index in [1.54, 1.807) is 55.8 Å². The van der Waals surface area contributed by atoms with E-state index in [1.807, 2.05) is 12.1 Å². The van der Waals surface area contributed by atoms with Crippen LogP contribution in [0.2, 0.25) is 0 Å². The van der Waals surface area contributed by atoms with Gasteiger partial charge in [0, 0.05) is 26.0 Å². The number of furan rings is 1. The predicted molar refractivity (Wildman–Crippen MR) is 98.2 cm³/mol. The molecule has 6 heteroatoms. The third-order valence-electron chi connectivity index (χ3n) is 3.97. The zero-order valence-electron chi connectivity index (χ0n) is 14.4. The van der Waals surface area contributed by atoms with Crippen molar-refractivity contribution in [3.63, 3.8) is 0 Å². The van der Waals surface area contributed by atoms with E-state index in [9.17, 15) is 9.59 Å². The first-order valence-corrected chi connectivity index (χ1v) is 8.24. The van der Waals surface area contributed by atoms with Crippen molar-refractivity contribution in [3.8, 4) is 0 Å². The van der Waals surface area contributed by atoms with Crippen molar-refractivity contribution in [2.24, 2.45) is 0 Å². The van der Waals surface area contributed by atoms with Gasteiger partial charge in [-0.2, -0.15) is 0 Å². The lowest BCUT2D eigenvalue weighted by atomic mass is 10.1. The maximum Gasteiger partial charge on any atom is 0.293 e. The summed E-state index contributed by atoms with van der Waals surface area (Å²) in [6, 6.07) is 14.0. The average Bonchev–Trinajstić information content (AvgIpc) is 3.22. The van der Waals surface area contributed by atoms with E-state index in [0.29, 0.717) is 24.2 Å². The topological polar surface area (TPSA) is 75.4 Å². The number of rotatable bonds is 6. The Kier molecular flexibility index (Phi) is 5.43. The molecule has 132 valence electrons. The van der Waals surface area contributed by atoms with Gasteiger partial charge in [-0.15, -0.1) is 0 Å². The molecule has 6 nitrogen and oxygen atoms in total. The van der Waals surface area contributed by atoms with Gasteiger partial charge >= 0.3 is 0 Å². The fourth-order valence-corrected chi connectivity index (χ4v) is 2.59. The second-order valence-corrected chi connectivity index (χ2v) is 5.73. The monoisotopic (exact) mass is 349 g/mol. The minimum Gasteiger partial charge on any atom is -0.459 e. The molecular weight excluding hydrogens is 330 g/mol. The fourth-order valence-electron chi connectivity index (χ4n) is 2.59. The van der Waals surface area contributed by atoms with Gasteiger partial charge in [0.15, 0.2) is 5.76 Å². The molecule has 26 heavy (non-hydrogen) atoms. The van der Waals surface area contributed by atoms with Crippen LogP contribution in [0, 0.1) is 0 Å². The molecule has 3 aromatic rings. The van der Waals surface area contributed by atoms with Crippen molar-refractivity contribution in [1.82, 2.24) is 10.3 Å². The standard InChI is InChI=1S/C20H19N3O3/c1-23(20(25)18-9-5-13-26-18)17-8-3-2-7-16(17)19(24)22-12-10-15-6-4-11-21-14-15/h2-9,11,13-14H,10,12H2,1H3,(H,22,24). The van der Waals surface area contributed by atoms with Gasteiger partial charge in [0.1, 0.15) is 0 Å². The molecule has 2 aromatic heterocycles. The van der Waals surface area contributed by atoms with Crippen LogP contribution < -0.4 is 10.2 Å². The molecule has 1 aromatic carbocycles. The third kappa shape index (κ3) is 3.97. The van der Waals surface area contributed by atoms with E-state index >= 15 is 0 Å². The highest BCUT2D eigenvalue weighted by Crippen LogP contribution is 2.21. The minimum absolute atomic E-state index is 0.222. The Morgan fingerprint density at radius 2 is 1.96 bits per heavy atom. The highest BCUT2D eigenvalue weighted by Gasteiger charge is 2.20. The predicted octanol–water partition coefficient (Wildman–Crippen LogP) is 2.92. The first-order valence-electron chi connectivity index (χ1n) is 8.24. The highest BCUT2D eigenvalue weighted by atomic mass is 16.3. The van der Waals surface area contributed by atoms with Crippen molar-refractivity contribution in [1.29, 1.82) is 0 Å². The Bertz CT molecular complexity index is 876. The second kappa shape index (κ2) is 8.11. The number of nitrogens with one attached hydrogen (secondary N) is 1. The van der Waals surface area contributed by atoms with Crippen LogP contribution in [0.15, 0.2) is 71.6 Å². The van der Waals surface area contributed by atoms with Gasteiger partial charge in [0.25, 0.3) is 11.8 Å². The van der Waals surface area contributed by atoms with Crippen LogP contribution in [0.3, 0.4) is 0 Å². The summed E-state index contributed by atoms with van der Waals surface area (Å²) in [5.41, 5.74) is 2.00. The summed E-state index contributed by atoms with van der Waals surface area (Å²) in [6.45, 7) is 0.481. The molecule has 0 aliphatic rings. The Labute approximate surface area is 151 Å². The van der Waals surface area contributed by atoms with Crippen LogP contribution >= 0.6 is 0 Å². The van der Waals surface area contributed by atoms with Gasteiger partial charge in [-0.3, -0.25) is 14.6 Å². The Morgan fingerprint density at radius 3 is 2.69 bits per heavy atom. The first kappa shape index (κ1) is 17.4. The number of benzene rings is 1. The Morgan fingerprint density at radius 1 is 1.12 bits per heavy atom. The normalized spacial score (nSPS) is 10.3. The summed E-state index contributed by atoms with van der Waals surface area (Å²) >= 11 is 0. The van der Waals surface area contributed by atoms with Gasteiger partial charge in [-0.25, -0.2) is 0 Å². The molecule has 0 bridgehead atoms. The van der Waals surface area contributed by atoms with Crippen LogP contribution in [0.5, 0.6) is 0 Å². The molecule has 3 rings (SSSR count). The van der Waals surface area contributed by atoms with Crippen molar-refractivity contribution >= 4 is 17.5 Å². The van der Waals surface area contributed by atoms with Gasteiger partial charge in [-0.1, -0.05) is 18.2 Å². The van der Waals surface area contributed by atoms with Gasteiger partial charge < -0.3 is 14.6 Å². The second-order valence-electron chi connectivity index (χ2n) is 5.73. The van der Waals surface area contributed by atoms with Crippen molar-refractivity contribution in [3.05, 3.63) is 84.1 Å². The maximum atomic E-state index is 12.6. The van der Waals surface area contributed by atoms with Crippen LogP contribution in [-0.2, 0) is 6.42 Å². The lowest BCUT2D eigenvalue weighted by Crippen LogP contribution is -2.31. The molecule has 0 atom stereocenters. The largest absolute Gasteiger partial charge is 0.459 e. The van der Waals surface area contributed by atoms with Crippen LogP contribution in [-0.4, -0.2) is 30.4 Å². The molecule has 0 aliphatic carbocycles. The van der Waals surface area contributed by atoms with Gasteiger partial charge in [0.2, 0.25) is 0 Å². The fraction of sp³-hybridized carbons (Fsp3) is 0.150. The summed E-state index contributed by atoms with van der Waals surface area (Å²) in [7, 11) is 1.62. The number of anilines is 1. The average molecular weight is 349 g/mol. The van der Waals surface area contributed by atoms with Crippen molar-refractivity contribution in [2.75, 3.05) is 18.5 Å². The van der Waals surface area contributed by atoms with E-state index < -0.39 is 0 Å². The van der Waals surface area contributed by atoms with Gasteiger partial charge in [-0.05, 0) is 42.3 Å². The number of carbonyl (C=O) groups is 2. The molecular formula is C20H19N3O3. The van der Waals surface area contributed by atoms with Crippen LogP contribution in [0.25, 0.3) is 0 Å².